The van der Waals surface area contributed by atoms with E-state index in [-0.39, 0.29) is 30.7 Å². The van der Waals surface area contributed by atoms with E-state index in [9.17, 15) is 4.79 Å². The summed E-state index contributed by atoms with van der Waals surface area (Å²) in [5.74, 6) is 1.11. The molecule has 0 aromatic carbocycles. The molecule has 0 spiro atoms. The van der Waals surface area contributed by atoms with Gasteiger partial charge in [0.25, 0.3) is 0 Å². The molecule has 0 unspecified atom stereocenters. The predicted molar refractivity (Wildman–Crippen MR) is 114 cm³/mol. The molecule has 1 N–H and O–H groups in total. The highest BCUT2D eigenvalue weighted by molar-refractivity contribution is 7.13. The first kappa shape index (κ1) is 22.1. The van der Waals surface area contributed by atoms with Crippen LogP contribution in [0.3, 0.4) is 0 Å². The van der Waals surface area contributed by atoms with Crippen LogP contribution in [0.5, 0.6) is 0 Å². The van der Waals surface area contributed by atoms with Gasteiger partial charge in [0, 0.05) is 42.5 Å². The number of nitrogens with zero attached hydrogens (tertiary/aromatic N) is 3. The topological polar surface area (TPSA) is 58.1 Å². The number of carbonyl (C=O) groups is 1. The standard InChI is InChI=1S/C19H24N4OS.2ClH/c24-18(23-8-5-16(6-9-23)21-11-14-3-4-14)10-17-13-25-19(22-17)15-2-1-7-20-12-15;;/h1-2,7,12-14,16,21H,3-6,8-11H2;2*1H. The van der Waals surface area contributed by atoms with Crippen LogP contribution in [0.15, 0.2) is 29.9 Å². The lowest BCUT2D eigenvalue weighted by molar-refractivity contribution is -0.131. The summed E-state index contributed by atoms with van der Waals surface area (Å²) in [6.07, 6.45) is 8.87. The highest BCUT2D eigenvalue weighted by Gasteiger charge is 2.26. The van der Waals surface area contributed by atoms with Crippen molar-refractivity contribution in [2.45, 2.75) is 38.1 Å². The first-order valence-electron chi connectivity index (χ1n) is 9.14. The number of nitrogens with one attached hydrogen (secondary N) is 1. The lowest BCUT2D eigenvalue weighted by Gasteiger charge is -2.32. The molecule has 2 aromatic heterocycles. The number of carbonyl (C=O) groups excluding carboxylic acids is 1. The zero-order chi connectivity index (χ0) is 17.1. The molecule has 1 aliphatic heterocycles. The molecule has 0 bridgehead atoms. The van der Waals surface area contributed by atoms with Gasteiger partial charge in [-0.3, -0.25) is 9.78 Å². The number of pyridine rings is 1. The zero-order valence-electron chi connectivity index (χ0n) is 15.2. The number of halogens is 2. The Kier molecular flexibility index (Phi) is 8.48. The summed E-state index contributed by atoms with van der Waals surface area (Å²) in [5.41, 5.74) is 1.87. The van der Waals surface area contributed by atoms with Crippen LogP contribution < -0.4 is 5.32 Å². The maximum Gasteiger partial charge on any atom is 0.228 e. The van der Waals surface area contributed by atoms with Gasteiger partial charge >= 0.3 is 0 Å². The molecule has 27 heavy (non-hydrogen) atoms. The summed E-state index contributed by atoms with van der Waals surface area (Å²) in [5, 5.41) is 6.58. The fourth-order valence-electron chi connectivity index (χ4n) is 3.27. The number of piperidine rings is 1. The Labute approximate surface area is 176 Å². The Bertz CT molecular complexity index is 716. The number of rotatable bonds is 6. The highest BCUT2D eigenvalue weighted by Crippen LogP contribution is 2.28. The molecule has 0 radical (unpaired) electrons. The number of likely N-dealkylation sites (tertiary alicyclic amines) is 1. The molecule has 1 amide bonds. The maximum atomic E-state index is 12.6. The summed E-state index contributed by atoms with van der Waals surface area (Å²) in [4.78, 5) is 23.3. The molecule has 1 aliphatic carbocycles. The minimum Gasteiger partial charge on any atom is -0.342 e. The van der Waals surface area contributed by atoms with Crippen molar-refractivity contribution in [1.29, 1.82) is 0 Å². The number of amides is 1. The van der Waals surface area contributed by atoms with Crippen molar-refractivity contribution in [1.82, 2.24) is 20.2 Å². The van der Waals surface area contributed by atoms with E-state index < -0.39 is 0 Å². The normalized spacial score (nSPS) is 17.1. The summed E-state index contributed by atoms with van der Waals surface area (Å²) in [7, 11) is 0. The largest absolute Gasteiger partial charge is 0.342 e. The van der Waals surface area contributed by atoms with Crippen molar-refractivity contribution in [3.05, 3.63) is 35.6 Å². The summed E-state index contributed by atoms with van der Waals surface area (Å²) < 4.78 is 0. The molecule has 2 fully saturated rings. The van der Waals surface area contributed by atoms with E-state index in [2.05, 4.69) is 15.3 Å². The third-order valence-electron chi connectivity index (χ3n) is 5.03. The molecule has 5 nitrogen and oxygen atoms in total. The fourth-order valence-corrected chi connectivity index (χ4v) is 4.08. The minimum absolute atomic E-state index is 0. The predicted octanol–water partition coefficient (Wildman–Crippen LogP) is 3.58. The molecule has 3 heterocycles. The Balaban J connectivity index is 0.00000131. The second kappa shape index (κ2) is 10.4. The first-order chi connectivity index (χ1) is 12.3. The van der Waals surface area contributed by atoms with Gasteiger partial charge in [-0.1, -0.05) is 0 Å². The van der Waals surface area contributed by atoms with Gasteiger partial charge in [-0.2, -0.15) is 0 Å². The Morgan fingerprint density at radius 3 is 2.67 bits per heavy atom. The van der Waals surface area contributed by atoms with Crippen LogP contribution in [-0.4, -0.2) is 46.5 Å². The third kappa shape index (κ3) is 6.14. The highest BCUT2D eigenvalue weighted by atomic mass is 35.5. The van der Waals surface area contributed by atoms with Crippen molar-refractivity contribution in [2.75, 3.05) is 19.6 Å². The van der Waals surface area contributed by atoms with Crippen molar-refractivity contribution in [2.24, 2.45) is 5.92 Å². The Morgan fingerprint density at radius 2 is 2.00 bits per heavy atom. The number of hydrogen-bond donors (Lipinski definition) is 1. The number of thiazole rings is 1. The van der Waals surface area contributed by atoms with Gasteiger partial charge in [0.05, 0.1) is 12.1 Å². The average Bonchev–Trinajstić information content (AvgIpc) is 3.38. The molecule has 1 saturated carbocycles. The summed E-state index contributed by atoms with van der Waals surface area (Å²) >= 11 is 1.57. The Morgan fingerprint density at radius 1 is 1.22 bits per heavy atom. The van der Waals surface area contributed by atoms with Gasteiger partial charge < -0.3 is 10.2 Å². The molecule has 1 saturated heterocycles. The van der Waals surface area contributed by atoms with Gasteiger partial charge in [0.1, 0.15) is 5.01 Å². The van der Waals surface area contributed by atoms with Crippen LogP contribution in [0, 0.1) is 5.92 Å². The van der Waals surface area contributed by atoms with Gasteiger partial charge in [0.15, 0.2) is 0 Å². The quantitative estimate of drug-likeness (QED) is 0.763. The molecule has 0 atom stereocenters. The van der Waals surface area contributed by atoms with Crippen molar-refractivity contribution in [3.8, 4) is 10.6 Å². The van der Waals surface area contributed by atoms with Gasteiger partial charge in [0.2, 0.25) is 5.91 Å². The molecule has 8 heteroatoms. The van der Waals surface area contributed by atoms with Crippen LogP contribution in [0.4, 0.5) is 0 Å². The fraction of sp³-hybridized carbons (Fsp3) is 0.526. The van der Waals surface area contributed by atoms with E-state index in [4.69, 9.17) is 0 Å². The lowest BCUT2D eigenvalue weighted by atomic mass is 10.0. The summed E-state index contributed by atoms with van der Waals surface area (Å²) in [6.45, 7) is 2.89. The number of hydrogen-bond acceptors (Lipinski definition) is 5. The molecular formula is C19H26Cl2N4OS. The van der Waals surface area contributed by atoms with E-state index >= 15 is 0 Å². The Hall–Kier alpha value is -1.21. The van der Waals surface area contributed by atoms with Crippen LogP contribution in [-0.2, 0) is 11.2 Å². The summed E-state index contributed by atoms with van der Waals surface area (Å²) in [6, 6.07) is 4.49. The second-order valence-corrected chi connectivity index (χ2v) is 7.93. The molecular weight excluding hydrogens is 403 g/mol. The third-order valence-corrected chi connectivity index (χ3v) is 5.97. The van der Waals surface area contributed by atoms with Crippen LogP contribution >= 0.6 is 36.2 Å². The second-order valence-electron chi connectivity index (χ2n) is 7.07. The van der Waals surface area contributed by atoms with Crippen molar-refractivity contribution in [3.63, 3.8) is 0 Å². The van der Waals surface area contributed by atoms with Gasteiger partial charge in [-0.05, 0) is 50.3 Å². The first-order valence-corrected chi connectivity index (χ1v) is 10.0. The van der Waals surface area contributed by atoms with E-state index in [0.717, 1.165) is 54.7 Å². The van der Waals surface area contributed by atoms with Gasteiger partial charge in [-0.15, -0.1) is 36.2 Å². The minimum atomic E-state index is 0. The maximum absolute atomic E-state index is 12.6. The van der Waals surface area contributed by atoms with Crippen LogP contribution in [0.1, 0.15) is 31.4 Å². The van der Waals surface area contributed by atoms with E-state index in [1.165, 1.54) is 12.8 Å². The van der Waals surface area contributed by atoms with Crippen LogP contribution in [0.25, 0.3) is 10.6 Å². The van der Waals surface area contributed by atoms with Crippen LogP contribution in [0.2, 0.25) is 0 Å². The van der Waals surface area contributed by atoms with E-state index in [1.807, 2.05) is 28.6 Å². The average molecular weight is 429 g/mol. The molecule has 148 valence electrons. The van der Waals surface area contributed by atoms with Crippen molar-refractivity contribution < 1.29 is 4.79 Å². The molecule has 2 aliphatic rings. The lowest BCUT2D eigenvalue weighted by Crippen LogP contribution is -2.45. The van der Waals surface area contributed by atoms with E-state index in [0.29, 0.717) is 12.5 Å². The van der Waals surface area contributed by atoms with Gasteiger partial charge in [-0.25, -0.2) is 4.98 Å². The zero-order valence-corrected chi connectivity index (χ0v) is 17.6. The SMILES string of the molecule is Cl.Cl.O=C(Cc1csc(-c2cccnc2)n1)N1CCC(NCC2CC2)CC1. The number of aromatic nitrogens is 2. The molecule has 2 aromatic rings. The smallest absolute Gasteiger partial charge is 0.228 e. The van der Waals surface area contributed by atoms with E-state index in [1.54, 1.807) is 17.5 Å². The van der Waals surface area contributed by atoms with Crippen molar-refractivity contribution >= 4 is 42.1 Å². The monoisotopic (exact) mass is 428 g/mol. The molecule has 4 rings (SSSR count).